The van der Waals surface area contributed by atoms with Crippen molar-refractivity contribution < 1.29 is 4.39 Å². The number of rotatable bonds is 2. The molecule has 112 valence electrons. The van der Waals surface area contributed by atoms with E-state index in [1.165, 1.54) is 18.9 Å². The maximum Gasteiger partial charge on any atom is 0.123 e. The van der Waals surface area contributed by atoms with Crippen LogP contribution in [0.1, 0.15) is 52.1 Å². The molecule has 20 heavy (non-hydrogen) atoms. The van der Waals surface area contributed by atoms with E-state index in [2.05, 4.69) is 25.7 Å². The summed E-state index contributed by atoms with van der Waals surface area (Å²) in [7, 11) is 0. The molecule has 1 aromatic rings. The van der Waals surface area contributed by atoms with Crippen LogP contribution < -0.4 is 10.6 Å². The second-order valence-corrected chi connectivity index (χ2v) is 7.12. The summed E-state index contributed by atoms with van der Waals surface area (Å²) >= 11 is 0. The minimum absolute atomic E-state index is 0.138. The molecule has 1 fully saturated rings. The maximum absolute atomic E-state index is 13.4. The highest BCUT2D eigenvalue weighted by molar-refractivity contribution is 5.55. The molecule has 1 atom stereocenters. The molecule has 2 rings (SSSR count). The van der Waals surface area contributed by atoms with Gasteiger partial charge in [-0.3, -0.25) is 0 Å². The number of hydrogen-bond donors (Lipinski definition) is 1. The van der Waals surface area contributed by atoms with Gasteiger partial charge >= 0.3 is 0 Å². The predicted octanol–water partition coefficient (Wildman–Crippen LogP) is 4.11. The number of hydrogen-bond acceptors (Lipinski definition) is 2. The molecule has 0 amide bonds. The topological polar surface area (TPSA) is 29.3 Å². The molecule has 2 nitrogen and oxygen atoms in total. The molecule has 0 saturated carbocycles. The lowest BCUT2D eigenvalue weighted by Gasteiger charge is -2.40. The van der Waals surface area contributed by atoms with Crippen LogP contribution in [0.5, 0.6) is 0 Å². The minimum Gasteiger partial charge on any atom is -0.371 e. The Labute approximate surface area is 122 Å². The standard InChI is InChI=1S/C17H27FN2/c1-12(19)15-11-14(18)5-6-16(15)20-9-7-13(8-10-20)17(2,3)4/h5-6,11-13H,7-10,19H2,1-4H3/t12-/m0/s1. The quantitative estimate of drug-likeness (QED) is 0.882. The van der Waals surface area contributed by atoms with Gasteiger partial charge in [-0.1, -0.05) is 20.8 Å². The normalized spacial score (nSPS) is 19.2. The van der Waals surface area contributed by atoms with Crippen molar-refractivity contribution in [2.75, 3.05) is 18.0 Å². The monoisotopic (exact) mass is 278 g/mol. The summed E-state index contributed by atoms with van der Waals surface area (Å²) in [4.78, 5) is 2.36. The van der Waals surface area contributed by atoms with E-state index >= 15 is 0 Å². The summed E-state index contributed by atoms with van der Waals surface area (Å²) in [5.41, 5.74) is 8.39. The third-order valence-corrected chi connectivity index (χ3v) is 4.54. The van der Waals surface area contributed by atoms with Crippen molar-refractivity contribution in [1.82, 2.24) is 0 Å². The zero-order valence-electron chi connectivity index (χ0n) is 13.1. The van der Waals surface area contributed by atoms with Gasteiger partial charge in [-0.15, -0.1) is 0 Å². The summed E-state index contributed by atoms with van der Waals surface area (Å²) in [6, 6.07) is 4.86. The van der Waals surface area contributed by atoms with Gasteiger partial charge in [0.15, 0.2) is 0 Å². The molecule has 2 N–H and O–H groups in total. The SMILES string of the molecule is C[C@H](N)c1cc(F)ccc1N1CCC(C(C)(C)C)CC1. The highest BCUT2D eigenvalue weighted by Gasteiger charge is 2.29. The van der Waals surface area contributed by atoms with E-state index in [1.54, 1.807) is 6.07 Å². The minimum atomic E-state index is -0.203. The fraction of sp³-hybridized carbons (Fsp3) is 0.647. The van der Waals surface area contributed by atoms with Gasteiger partial charge in [0, 0.05) is 24.8 Å². The molecule has 0 aromatic heterocycles. The first-order chi connectivity index (χ1) is 9.29. The first-order valence-corrected chi connectivity index (χ1v) is 7.59. The highest BCUT2D eigenvalue weighted by Crippen LogP contribution is 2.37. The molecule has 3 heteroatoms. The Kier molecular flexibility index (Phi) is 4.38. The lowest BCUT2D eigenvalue weighted by atomic mass is 9.75. The number of nitrogens with two attached hydrogens (primary N) is 1. The largest absolute Gasteiger partial charge is 0.371 e. The van der Waals surface area contributed by atoms with Crippen molar-refractivity contribution in [2.24, 2.45) is 17.1 Å². The summed E-state index contributed by atoms with van der Waals surface area (Å²) in [5.74, 6) is 0.559. The number of anilines is 1. The molecule has 1 heterocycles. The second-order valence-electron chi connectivity index (χ2n) is 7.12. The first kappa shape index (κ1) is 15.3. The molecule has 0 bridgehead atoms. The van der Waals surface area contributed by atoms with E-state index in [0.29, 0.717) is 5.41 Å². The predicted molar refractivity (Wildman–Crippen MR) is 83.4 cm³/mol. The molecule has 0 radical (unpaired) electrons. The Morgan fingerprint density at radius 3 is 2.35 bits per heavy atom. The van der Waals surface area contributed by atoms with E-state index in [0.717, 1.165) is 30.3 Å². The van der Waals surface area contributed by atoms with Crippen molar-refractivity contribution in [3.63, 3.8) is 0 Å². The maximum atomic E-state index is 13.4. The zero-order valence-corrected chi connectivity index (χ0v) is 13.1. The van der Waals surface area contributed by atoms with E-state index in [9.17, 15) is 4.39 Å². The number of benzene rings is 1. The van der Waals surface area contributed by atoms with Crippen molar-refractivity contribution >= 4 is 5.69 Å². The molecule has 0 aliphatic carbocycles. The van der Waals surface area contributed by atoms with Crippen LogP contribution in [0.2, 0.25) is 0 Å². The highest BCUT2D eigenvalue weighted by atomic mass is 19.1. The van der Waals surface area contributed by atoms with Gasteiger partial charge in [-0.05, 0) is 54.9 Å². The van der Waals surface area contributed by atoms with Gasteiger partial charge in [-0.25, -0.2) is 4.39 Å². The molecule has 1 saturated heterocycles. The van der Waals surface area contributed by atoms with Crippen molar-refractivity contribution in [1.29, 1.82) is 0 Å². The summed E-state index contributed by atoms with van der Waals surface area (Å²) < 4.78 is 13.4. The van der Waals surface area contributed by atoms with Crippen LogP contribution >= 0.6 is 0 Å². The van der Waals surface area contributed by atoms with Gasteiger partial charge in [0.05, 0.1) is 0 Å². The molecule has 1 aromatic carbocycles. The van der Waals surface area contributed by atoms with Crippen molar-refractivity contribution in [3.8, 4) is 0 Å². The van der Waals surface area contributed by atoms with Crippen LogP contribution in [0.4, 0.5) is 10.1 Å². The average molecular weight is 278 g/mol. The fourth-order valence-corrected chi connectivity index (χ4v) is 3.16. The molecule has 0 unspecified atom stereocenters. The van der Waals surface area contributed by atoms with E-state index in [4.69, 9.17) is 5.73 Å². The van der Waals surface area contributed by atoms with Gasteiger partial charge in [-0.2, -0.15) is 0 Å². The van der Waals surface area contributed by atoms with E-state index in [-0.39, 0.29) is 11.9 Å². The summed E-state index contributed by atoms with van der Waals surface area (Å²) in [6.45, 7) is 10.9. The van der Waals surface area contributed by atoms with E-state index in [1.807, 2.05) is 13.0 Å². The van der Waals surface area contributed by atoms with Crippen LogP contribution in [0.15, 0.2) is 18.2 Å². The number of piperidine rings is 1. The van der Waals surface area contributed by atoms with Gasteiger partial charge in [0.25, 0.3) is 0 Å². The Hall–Kier alpha value is -1.09. The van der Waals surface area contributed by atoms with Crippen molar-refractivity contribution in [3.05, 3.63) is 29.6 Å². The van der Waals surface area contributed by atoms with Crippen molar-refractivity contribution in [2.45, 2.75) is 46.6 Å². The zero-order chi connectivity index (χ0) is 14.9. The second kappa shape index (κ2) is 5.72. The van der Waals surface area contributed by atoms with Gasteiger partial charge < -0.3 is 10.6 Å². The third kappa shape index (κ3) is 3.32. The van der Waals surface area contributed by atoms with Gasteiger partial charge in [0.2, 0.25) is 0 Å². The number of halogens is 1. The summed E-state index contributed by atoms with van der Waals surface area (Å²) in [5, 5.41) is 0. The lowest BCUT2D eigenvalue weighted by Crippen LogP contribution is -2.38. The van der Waals surface area contributed by atoms with Crippen LogP contribution in [0.3, 0.4) is 0 Å². The molecular weight excluding hydrogens is 251 g/mol. The third-order valence-electron chi connectivity index (χ3n) is 4.54. The van der Waals surface area contributed by atoms with Crippen LogP contribution in [0.25, 0.3) is 0 Å². The Bertz CT molecular complexity index is 455. The van der Waals surface area contributed by atoms with Crippen LogP contribution in [-0.2, 0) is 0 Å². The Balaban J connectivity index is 2.15. The van der Waals surface area contributed by atoms with E-state index < -0.39 is 0 Å². The molecule has 1 aliphatic heterocycles. The molecular formula is C17H27FN2. The first-order valence-electron chi connectivity index (χ1n) is 7.59. The summed E-state index contributed by atoms with van der Waals surface area (Å²) in [6.07, 6.45) is 2.39. The molecule has 0 spiro atoms. The fourth-order valence-electron chi connectivity index (χ4n) is 3.16. The Morgan fingerprint density at radius 2 is 1.85 bits per heavy atom. The van der Waals surface area contributed by atoms with Crippen LogP contribution in [0, 0.1) is 17.2 Å². The Morgan fingerprint density at radius 1 is 1.25 bits per heavy atom. The lowest BCUT2D eigenvalue weighted by molar-refractivity contribution is 0.199. The van der Waals surface area contributed by atoms with Crippen LogP contribution in [-0.4, -0.2) is 13.1 Å². The molecule has 1 aliphatic rings. The number of nitrogens with zero attached hydrogens (tertiary/aromatic N) is 1. The smallest absolute Gasteiger partial charge is 0.123 e. The average Bonchev–Trinajstić information content (AvgIpc) is 2.37. The van der Waals surface area contributed by atoms with Gasteiger partial charge in [0.1, 0.15) is 5.82 Å².